The number of hydrogen-bond donors (Lipinski definition) is 1. The maximum atomic E-state index is 11.5. The molecule has 0 heterocycles. The molecule has 19 heavy (non-hydrogen) atoms. The smallest absolute Gasteiger partial charge is 0.311 e. The van der Waals surface area contributed by atoms with Gasteiger partial charge in [0.15, 0.2) is 0 Å². The average Bonchev–Trinajstić information content (AvgIpc) is 2.40. The highest BCUT2D eigenvalue weighted by Gasteiger charge is 2.25. The van der Waals surface area contributed by atoms with Crippen molar-refractivity contribution in [3.05, 3.63) is 34.9 Å². The molecule has 0 bridgehead atoms. The molecule has 0 spiro atoms. The molecule has 0 aliphatic rings. The molecular formula is C16H23ClO2. The Morgan fingerprint density at radius 1 is 1.32 bits per heavy atom. The molecule has 3 heteroatoms. The standard InChI is InChI=1S/C16H23ClO2/c1-3-5-8-12(4-2)11-14(16(18)19)13-9-6-7-10-15(13)17/h6-7,9-10,12,14H,3-5,8,11H2,1-2H3,(H,18,19). The van der Waals surface area contributed by atoms with Crippen LogP contribution in [0.3, 0.4) is 0 Å². The highest BCUT2D eigenvalue weighted by atomic mass is 35.5. The van der Waals surface area contributed by atoms with Crippen molar-refractivity contribution in [2.75, 3.05) is 0 Å². The molecule has 0 amide bonds. The number of rotatable bonds is 8. The van der Waals surface area contributed by atoms with Gasteiger partial charge in [0.05, 0.1) is 5.92 Å². The molecular weight excluding hydrogens is 260 g/mol. The second-order valence-electron chi connectivity index (χ2n) is 5.06. The zero-order valence-corrected chi connectivity index (χ0v) is 12.5. The third-order valence-electron chi connectivity index (χ3n) is 3.69. The van der Waals surface area contributed by atoms with Gasteiger partial charge in [-0.15, -0.1) is 0 Å². The van der Waals surface area contributed by atoms with Gasteiger partial charge in [-0.3, -0.25) is 4.79 Å². The van der Waals surface area contributed by atoms with Crippen molar-refractivity contribution in [3.63, 3.8) is 0 Å². The van der Waals surface area contributed by atoms with Crippen LogP contribution >= 0.6 is 11.6 Å². The maximum absolute atomic E-state index is 11.5. The minimum absolute atomic E-state index is 0.456. The molecule has 0 radical (unpaired) electrons. The molecule has 0 saturated carbocycles. The normalized spacial score (nSPS) is 14.1. The molecule has 0 aliphatic heterocycles. The monoisotopic (exact) mass is 282 g/mol. The summed E-state index contributed by atoms with van der Waals surface area (Å²) in [5, 5.41) is 10.0. The number of aliphatic carboxylic acids is 1. The lowest BCUT2D eigenvalue weighted by molar-refractivity contribution is -0.139. The van der Waals surface area contributed by atoms with Crippen molar-refractivity contribution in [2.45, 2.75) is 51.9 Å². The number of hydrogen-bond acceptors (Lipinski definition) is 1. The summed E-state index contributed by atoms with van der Waals surface area (Å²) in [5.41, 5.74) is 0.742. The third kappa shape index (κ3) is 4.87. The van der Waals surface area contributed by atoms with E-state index in [2.05, 4.69) is 13.8 Å². The summed E-state index contributed by atoms with van der Waals surface area (Å²) >= 11 is 6.13. The molecule has 0 fully saturated rings. The van der Waals surface area contributed by atoms with E-state index in [0.29, 0.717) is 17.4 Å². The second kappa shape index (κ2) is 8.21. The predicted molar refractivity (Wildman–Crippen MR) is 79.8 cm³/mol. The van der Waals surface area contributed by atoms with Crippen molar-refractivity contribution >= 4 is 17.6 Å². The van der Waals surface area contributed by atoms with E-state index in [9.17, 15) is 9.90 Å². The second-order valence-corrected chi connectivity index (χ2v) is 5.47. The van der Waals surface area contributed by atoms with Gasteiger partial charge in [0, 0.05) is 5.02 Å². The molecule has 2 nitrogen and oxygen atoms in total. The van der Waals surface area contributed by atoms with E-state index in [4.69, 9.17) is 11.6 Å². The SMILES string of the molecule is CCCCC(CC)CC(C(=O)O)c1ccccc1Cl. The molecule has 2 unspecified atom stereocenters. The van der Waals surface area contributed by atoms with Crippen molar-refractivity contribution in [1.82, 2.24) is 0 Å². The number of benzene rings is 1. The van der Waals surface area contributed by atoms with Crippen LogP contribution in [0.2, 0.25) is 5.02 Å². The number of carbonyl (C=O) groups is 1. The van der Waals surface area contributed by atoms with Gasteiger partial charge in [0.1, 0.15) is 0 Å². The number of halogens is 1. The van der Waals surface area contributed by atoms with Crippen LogP contribution in [-0.2, 0) is 4.79 Å². The van der Waals surface area contributed by atoms with E-state index < -0.39 is 11.9 Å². The molecule has 106 valence electrons. The van der Waals surface area contributed by atoms with Crippen molar-refractivity contribution in [3.8, 4) is 0 Å². The fourth-order valence-electron chi connectivity index (χ4n) is 2.43. The van der Waals surface area contributed by atoms with Crippen LogP contribution in [0.1, 0.15) is 57.4 Å². The van der Waals surface area contributed by atoms with Crippen LogP contribution in [0.25, 0.3) is 0 Å². The largest absolute Gasteiger partial charge is 0.481 e. The third-order valence-corrected chi connectivity index (χ3v) is 4.04. The van der Waals surface area contributed by atoms with Gasteiger partial charge in [-0.25, -0.2) is 0 Å². The van der Waals surface area contributed by atoms with Crippen molar-refractivity contribution in [1.29, 1.82) is 0 Å². The first-order chi connectivity index (χ1) is 9.10. The first-order valence-corrected chi connectivity index (χ1v) is 7.45. The Labute approximate surface area is 120 Å². The van der Waals surface area contributed by atoms with Crippen LogP contribution in [0.5, 0.6) is 0 Å². The van der Waals surface area contributed by atoms with Gasteiger partial charge in [0.2, 0.25) is 0 Å². The van der Waals surface area contributed by atoms with Gasteiger partial charge in [-0.2, -0.15) is 0 Å². The predicted octanol–water partition coefficient (Wildman–Crippen LogP) is 5.11. The fraction of sp³-hybridized carbons (Fsp3) is 0.562. The number of carboxylic acids is 1. The molecule has 1 N–H and O–H groups in total. The Hall–Kier alpha value is -1.02. The van der Waals surface area contributed by atoms with Gasteiger partial charge >= 0.3 is 5.97 Å². The first-order valence-electron chi connectivity index (χ1n) is 7.07. The Bertz CT molecular complexity index is 403. The van der Waals surface area contributed by atoms with Gasteiger partial charge in [-0.05, 0) is 24.0 Å². The maximum Gasteiger partial charge on any atom is 0.311 e. The molecule has 1 aromatic rings. The Balaban J connectivity index is 2.84. The van der Waals surface area contributed by atoms with E-state index in [1.54, 1.807) is 6.07 Å². The lowest BCUT2D eigenvalue weighted by Gasteiger charge is -2.20. The highest BCUT2D eigenvalue weighted by Crippen LogP contribution is 2.32. The Morgan fingerprint density at radius 3 is 2.53 bits per heavy atom. The summed E-state index contributed by atoms with van der Waals surface area (Å²) in [6, 6.07) is 7.27. The summed E-state index contributed by atoms with van der Waals surface area (Å²) in [5.74, 6) is -0.809. The van der Waals surface area contributed by atoms with Crippen molar-refractivity contribution < 1.29 is 9.90 Å². The molecule has 0 aliphatic carbocycles. The quantitative estimate of drug-likeness (QED) is 0.719. The van der Waals surface area contributed by atoms with Crippen LogP contribution in [0, 0.1) is 5.92 Å². The van der Waals surface area contributed by atoms with Gasteiger partial charge in [0.25, 0.3) is 0 Å². The summed E-state index contributed by atoms with van der Waals surface area (Å²) in [7, 11) is 0. The topological polar surface area (TPSA) is 37.3 Å². The zero-order valence-electron chi connectivity index (χ0n) is 11.7. The number of carboxylic acid groups (broad SMARTS) is 1. The van der Waals surface area contributed by atoms with Crippen LogP contribution in [0.4, 0.5) is 0 Å². The van der Waals surface area contributed by atoms with E-state index in [1.165, 1.54) is 0 Å². The zero-order chi connectivity index (χ0) is 14.3. The molecule has 1 aromatic carbocycles. The first kappa shape index (κ1) is 16.0. The van der Waals surface area contributed by atoms with Crippen LogP contribution in [0.15, 0.2) is 24.3 Å². The summed E-state index contributed by atoms with van der Waals surface area (Å²) < 4.78 is 0. The summed E-state index contributed by atoms with van der Waals surface area (Å²) in [6.45, 7) is 4.29. The molecule has 0 aromatic heterocycles. The highest BCUT2D eigenvalue weighted by molar-refractivity contribution is 6.31. The van der Waals surface area contributed by atoms with Crippen LogP contribution < -0.4 is 0 Å². The summed E-state index contributed by atoms with van der Waals surface area (Å²) in [4.78, 5) is 11.5. The minimum Gasteiger partial charge on any atom is -0.481 e. The summed E-state index contributed by atoms with van der Waals surface area (Å²) in [6.07, 6.45) is 5.11. The van der Waals surface area contributed by atoms with E-state index >= 15 is 0 Å². The van der Waals surface area contributed by atoms with E-state index in [1.807, 2.05) is 18.2 Å². The molecule has 0 saturated heterocycles. The minimum atomic E-state index is -0.775. The fourth-order valence-corrected chi connectivity index (χ4v) is 2.70. The lowest BCUT2D eigenvalue weighted by Crippen LogP contribution is -2.16. The van der Waals surface area contributed by atoms with E-state index in [0.717, 1.165) is 31.2 Å². The average molecular weight is 283 g/mol. The lowest BCUT2D eigenvalue weighted by atomic mass is 9.85. The van der Waals surface area contributed by atoms with Gasteiger partial charge in [-0.1, -0.05) is 69.3 Å². The molecule has 2 atom stereocenters. The Kier molecular flexibility index (Phi) is 6.93. The van der Waals surface area contributed by atoms with E-state index in [-0.39, 0.29) is 0 Å². The van der Waals surface area contributed by atoms with Gasteiger partial charge < -0.3 is 5.11 Å². The number of unbranched alkanes of at least 4 members (excludes halogenated alkanes) is 1. The molecule has 1 rings (SSSR count). The van der Waals surface area contributed by atoms with Crippen LogP contribution in [-0.4, -0.2) is 11.1 Å². The van der Waals surface area contributed by atoms with Crippen molar-refractivity contribution in [2.24, 2.45) is 5.92 Å². The Morgan fingerprint density at radius 2 is 2.00 bits per heavy atom.